The van der Waals surface area contributed by atoms with Crippen LogP contribution in [0.1, 0.15) is 47.1 Å². The Balaban J connectivity index is 2.30. The fraction of sp³-hybridized carbons (Fsp3) is 0.640. The van der Waals surface area contributed by atoms with Gasteiger partial charge in [0.15, 0.2) is 0 Å². The van der Waals surface area contributed by atoms with Gasteiger partial charge in [-0.1, -0.05) is 12.1 Å². The van der Waals surface area contributed by atoms with E-state index in [1.807, 2.05) is 0 Å². The summed E-state index contributed by atoms with van der Waals surface area (Å²) in [7, 11) is 0. The van der Waals surface area contributed by atoms with Crippen molar-refractivity contribution < 1.29 is 53.8 Å². The van der Waals surface area contributed by atoms with E-state index >= 15 is 0 Å². The SMILES string of the molecule is CC(C)(C)OC(=O)N[C@@H](Cc1ccc(OC(=O)OC(C)(C)C)cc1)C(=O)C1(O)O[C@H](CO)[C@@H](O)[C@H](O)[C@H]1N. The molecule has 0 bridgehead atoms. The number of alkyl carbamates (subject to hydrolysis) is 1. The van der Waals surface area contributed by atoms with Gasteiger partial charge in [0, 0.05) is 6.42 Å². The summed E-state index contributed by atoms with van der Waals surface area (Å²) in [5, 5.41) is 43.3. The number of hydrogen-bond donors (Lipinski definition) is 6. The second-order valence-electron chi connectivity index (χ2n) is 11.0. The summed E-state index contributed by atoms with van der Waals surface area (Å²) < 4.78 is 20.7. The summed E-state index contributed by atoms with van der Waals surface area (Å²) in [5.74, 6) is -3.86. The first-order valence-corrected chi connectivity index (χ1v) is 12.0. The third kappa shape index (κ3) is 8.35. The van der Waals surface area contributed by atoms with Crippen molar-refractivity contribution in [2.24, 2.45) is 5.73 Å². The van der Waals surface area contributed by atoms with Crippen molar-refractivity contribution in [2.45, 2.75) is 95.3 Å². The summed E-state index contributed by atoms with van der Waals surface area (Å²) in [5.41, 5.74) is 4.65. The molecule has 13 heteroatoms. The second-order valence-corrected chi connectivity index (χ2v) is 11.0. The fourth-order valence-electron chi connectivity index (χ4n) is 3.62. The highest BCUT2D eigenvalue weighted by molar-refractivity contribution is 5.94. The first-order valence-electron chi connectivity index (χ1n) is 12.0. The van der Waals surface area contributed by atoms with Gasteiger partial charge in [-0.25, -0.2) is 9.59 Å². The molecule has 0 radical (unpaired) electrons. The molecule has 1 saturated heterocycles. The molecule has 1 amide bonds. The molecule has 0 spiro atoms. The molecule has 1 aliphatic rings. The summed E-state index contributed by atoms with van der Waals surface area (Å²) in [6.07, 6.45) is -7.10. The number of carbonyl (C=O) groups is 3. The predicted molar refractivity (Wildman–Crippen MR) is 132 cm³/mol. The van der Waals surface area contributed by atoms with Gasteiger partial charge in [0.1, 0.15) is 41.3 Å². The third-order valence-electron chi connectivity index (χ3n) is 5.38. The van der Waals surface area contributed by atoms with Crippen LogP contribution in [0.3, 0.4) is 0 Å². The van der Waals surface area contributed by atoms with Gasteiger partial charge in [-0.05, 0) is 59.2 Å². The number of aliphatic hydroxyl groups is 4. The summed E-state index contributed by atoms with van der Waals surface area (Å²) in [6, 6.07) is 2.61. The minimum Gasteiger partial charge on any atom is -0.444 e. The highest BCUT2D eigenvalue weighted by Gasteiger charge is 2.57. The Morgan fingerprint density at radius 2 is 1.58 bits per heavy atom. The molecule has 1 aromatic rings. The molecule has 1 aromatic carbocycles. The lowest BCUT2D eigenvalue weighted by atomic mass is 9.85. The first kappa shape index (κ1) is 31.4. The number of Topliss-reactive ketones (excluding diaryl/α,β-unsaturated/α-hetero) is 1. The number of aliphatic hydroxyl groups excluding tert-OH is 3. The van der Waals surface area contributed by atoms with E-state index in [2.05, 4.69) is 5.32 Å². The molecular formula is C25H38N2O11. The van der Waals surface area contributed by atoms with Crippen LogP contribution in [0, 0.1) is 0 Å². The quantitative estimate of drug-likeness (QED) is 0.201. The minimum atomic E-state index is -2.87. The van der Waals surface area contributed by atoms with Crippen molar-refractivity contribution in [1.29, 1.82) is 0 Å². The van der Waals surface area contributed by atoms with Crippen LogP contribution in [0.5, 0.6) is 5.75 Å². The van der Waals surface area contributed by atoms with Crippen LogP contribution in [0.2, 0.25) is 0 Å². The minimum absolute atomic E-state index is 0.158. The average Bonchev–Trinajstić information content (AvgIpc) is 2.78. The Bertz CT molecular complexity index is 985. The predicted octanol–water partition coefficient (Wildman–Crippen LogP) is 0.134. The van der Waals surface area contributed by atoms with E-state index in [9.17, 15) is 34.8 Å². The molecule has 1 unspecified atom stereocenters. The third-order valence-corrected chi connectivity index (χ3v) is 5.38. The topological polar surface area (TPSA) is 207 Å². The molecule has 38 heavy (non-hydrogen) atoms. The number of hydrogen-bond acceptors (Lipinski definition) is 12. The molecule has 0 aromatic heterocycles. The van der Waals surface area contributed by atoms with E-state index in [0.29, 0.717) is 5.56 Å². The second kappa shape index (κ2) is 11.9. The van der Waals surface area contributed by atoms with Crippen LogP contribution in [0.15, 0.2) is 24.3 Å². The van der Waals surface area contributed by atoms with Gasteiger partial charge in [-0.3, -0.25) is 4.79 Å². The van der Waals surface area contributed by atoms with Crippen LogP contribution in [0.4, 0.5) is 9.59 Å². The lowest BCUT2D eigenvalue weighted by Crippen LogP contribution is -2.73. The number of nitrogens with one attached hydrogen (secondary N) is 1. The van der Waals surface area contributed by atoms with E-state index < -0.39 is 72.0 Å². The van der Waals surface area contributed by atoms with E-state index in [1.54, 1.807) is 41.5 Å². The lowest BCUT2D eigenvalue weighted by molar-refractivity contribution is -0.298. The van der Waals surface area contributed by atoms with Crippen molar-refractivity contribution >= 4 is 18.0 Å². The molecular weight excluding hydrogens is 504 g/mol. The van der Waals surface area contributed by atoms with Crippen molar-refractivity contribution in [1.82, 2.24) is 5.32 Å². The largest absolute Gasteiger partial charge is 0.514 e. The van der Waals surface area contributed by atoms with Crippen molar-refractivity contribution in [3.8, 4) is 5.75 Å². The van der Waals surface area contributed by atoms with Gasteiger partial charge in [0.25, 0.3) is 0 Å². The normalized spacial score (nSPS) is 26.7. The van der Waals surface area contributed by atoms with Crippen LogP contribution in [0.25, 0.3) is 0 Å². The van der Waals surface area contributed by atoms with Crippen molar-refractivity contribution in [2.75, 3.05) is 6.61 Å². The van der Waals surface area contributed by atoms with Gasteiger partial charge in [0.05, 0.1) is 12.6 Å². The van der Waals surface area contributed by atoms with Crippen LogP contribution >= 0.6 is 0 Å². The number of nitrogens with two attached hydrogens (primary N) is 1. The number of ketones is 1. The molecule has 214 valence electrons. The van der Waals surface area contributed by atoms with Gasteiger partial charge in [-0.2, -0.15) is 0 Å². The zero-order valence-corrected chi connectivity index (χ0v) is 22.3. The number of amides is 1. The van der Waals surface area contributed by atoms with Crippen LogP contribution < -0.4 is 15.8 Å². The molecule has 0 saturated carbocycles. The molecule has 7 N–H and O–H groups in total. The summed E-state index contributed by atoms with van der Waals surface area (Å²) in [4.78, 5) is 37.9. The average molecular weight is 543 g/mol. The zero-order valence-electron chi connectivity index (χ0n) is 22.3. The maximum Gasteiger partial charge on any atom is 0.514 e. The van der Waals surface area contributed by atoms with Gasteiger partial charge < -0.3 is 50.4 Å². The van der Waals surface area contributed by atoms with Gasteiger partial charge in [-0.15, -0.1) is 0 Å². The molecule has 2 rings (SSSR count). The number of carbonyl (C=O) groups excluding carboxylic acids is 3. The zero-order chi connectivity index (χ0) is 29.1. The Hall–Kier alpha value is -2.81. The van der Waals surface area contributed by atoms with E-state index in [-0.39, 0.29) is 12.2 Å². The molecule has 13 nitrogen and oxygen atoms in total. The van der Waals surface area contributed by atoms with E-state index in [4.69, 9.17) is 24.7 Å². The fourth-order valence-corrected chi connectivity index (χ4v) is 3.62. The Kier molecular flexibility index (Phi) is 9.86. The van der Waals surface area contributed by atoms with Crippen LogP contribution in [-0.2, 0) is 25.4 Å². The van der Waals surface area contributed by atoms with Crippen LogP contribution in [-0.4, -0.2) is 92.4 Å². The monoisotopic (exact) mass is 542 g/mol. The highest BCUT2D eigenvalue weighted by atomic mass is 16.7. The summed E-state index contributed by atoms with van der Waals surface area (Å²) in [6.45, 7) is 9.07. The Morgan fingerprint density at radius 1 is 1.03 bits per heavy atom. The Labute approximate surface area is 220 Å². The summed E-state index contributed by atoms with van der Waals surface area (Å²) >= 11 is 0. The number of rotatable bonds is 7. The molecule has 1 aliphatic heterocycles. The smallest absolute Gasteiger partial charge is 0.444 e. The standard InChI is InChI=1S/C25H38N2O11/c1-23(2,3)37-21(32)27-15(20(31)25(34)19(26)18(30)17(29)16(12-28)36-25)11-13-7-9-14(10-8-13)35-22(33)38-24(4,5)6/h7-10,15-19,28-30,34H,11-12,26H2,1-6H3,(H,27,32)/t15-,16+,17+,18-,19+,25?/m0/s1. The first-order chi connectivity index (χ1) is 17.4. The van der Waals surface area contributed by atoms with Crippen molar-refractivity contribution in [3.63, 3.8) is 0 Å². The maximum absolute atomic E-state index is 13.5. The molecule has 0 aliphatic carbocycles. The Morgan fingerprint density at radius 3 is 2.08 bits per heavy atom. The molecule has 1 heterocycles. The van der Waals surface area contributed by atoms with E-state index in [0.717, 1.165) is 0 Å². The van der Waals surface area contributed by atoms with Gasteiger partial charge >= 0.3 is 12.2 Å². The molecule has 6 atom stereocenters. The van der Waals surface area contributed by atoms with E-state index in [1.165, 1.54) is 24.3 Å². The van der Waals surface area contributed by atoms with Crippen molar-refractivity contribution in [3.05, 3.63) is 29.8 Å². The van der Waals surface area contributed by atoms with Gasteiger partial charge in [0.2, 0.25) is 11.6 Å². The number of ether oxygens (including phenoxy) is 4. The maximum atomic E-state index is 13.5. The number of benzene rings is 1. The molecule has 1 fully saturated rings. The lowest BCUT2D eigenvalue weighted by Gasteiger charge is -2.46. The highest BCUT2D eigenvalue weighted by Crippen LogP contribution is 2.29.